The summed E-state index contributed by atoms with van der Waals surface area (Å²) in [7, 11) is 0. The highest BCUT2D eigenvalue weighted by atomic mass is 79.9. The zero-order valence-electron chi connectivity index (χ0n) is 12.9. The maximum absolute atomic E-state index is 10.5. The molecule has 1 aliphatic carbocycles. The van der Waals surface area contributed by atoms with Crippen LogP contribution in [-0.4, -0.2) is 11.3 Å². The molecule has 5 heteroatoms. The first-order chi connectivity index (χ1) is 11.6. The van der Waals surface area contributed by atoms with Gasteiger partial charge in [0.15, 0.2) is 0 Å². The van der Waals surface area contributed by atoms with Crippen LogP contribution in [0, 0.1) is 0 Å². The summed E-state index contributed by atoms with van der Waals surface area (Å²) in [6.45, 7) is 0. The Kier molecular flexibility index (Phi) is 4.10. The van der Waals surface area contributed by atoms with Crippen LogP contribution in [0.25, 0.3) is 11.0 Å². The van der Waals surface area contributed by atoms with Gasteiger partial charge >= 0.3 is 0 Å². The molecule has 1 N–H and O–H groups in total. The van der Waals surface area contributed by atoms with E-state index in [4.69, 9.17) is 16.0 Å². The quantitative estimate of drug-likeness (QED) is 0.518. The molecule has 1 aromatic heterocycles. The highest BCUT2D eigenvalue weighted by Gasteiger charge is 2.22. The van der Waals surface area contributed by atoms with E-state index in [1.807, 2.05) is 24.3 Å². The van der Waals surface area contributed by atoms with Gasteiger partial charge in [-0.3, -0.25) is 4.99 Å². The lowest BCUT2D eigenvalue weighted by Crippen LogP contribution is -1.99. The van der Waals surface area contributed by atoms with Crippen LogP contribution in [0.5, 0.6) is 5.75 Å². The smallest absolute Gasteiger partial charge is 0.139 e. The van der Waals surface area contributed by atoms with E-state index in [-0.39, 0.29) is 5.75 Å². The van der Waals surface area contributed by atoms with Gasteiger partial charge in [0.1, 0.15) is 17.1 Å². The van der Waals surface area contributed by atoms with Crippen LogP contribution in [0.4, 0.5) is 5.69 Å². The molecule has 0 fully saturated rings. The van der Waals surface area contributed by atoms with Crippen LogP contribution < -0.4 is 0 Å². The molecule has 24 heavy (non-hydrogen) atoms. The number of rotatable bonds is 2. The van der Waals surface area contributed by atoms with Crippen molar-refractivity contribution in [3.05, 3.63) is 56.7 Å². The summed E-state index contributed by atoms with van der Waals surface area (Å²) < 4.78 is 6.62. The predicted octanol–water partition coefficient (Wildman–Crippen LogP) is 6.18. The van der Waals surface area contributed by atoms with E-state index < -0.39 is 0 Å². The topological polar surface area (TPSA) is 45.7 Å². The second-order valence-electron chi connectivity index (χ2n) is 5.94. The standard InChI is InChI=1S/C19H15BrClNO2/c20-15-9-17-18(13-6-1-2-7-16(13)24-17)14(19(15)23)10-22-12-5-3-4-11(21)8-12/h3-5,8-10,23H,1-2,6-7H2. The van der Waals surface area contributed by atoms with Gasteiger partial charge in [0, 0.05) is 34.2 Å². The fraction of sp³-hybridized carbons (Fsp3) is 0.211. The van der Waals surface area contributed by atoms with Crippen molar-refractivity contribution in [3.63, 3.8) is 0 Å². The summed E-state index contributed by atoms with van der Waals surface area (Å²) in [4.78, 5) is 4.49. The largest absolute Gasteiger partial charge is 0.506 e. The first-order valence-electron chi connectivity index (χ1n) is 7.89. The number of aliphatic imine (C=N–C) groups is 1. The number of benzene rings is 2. The summed E-state index contributed by atoms with van der Waals surface area (Å²) in [5, 5.41) is 12.1. The van der Waals surface area contributed by atoms with Crippen LogP contribution in [0.2, 0.25) is 5.02 Å². The lowest BCUT2D eigenvalue weighted by Gasteiger charge is -2.10. The van der Waals surface area contributed by atoms with Crippen LogP contribution in [0.3, 0.4) is 0 Å². The molecular formula is C19H15BrClNO2. The molecule has 4 rings (SSSR count). The molecule has 1 aliphatic rings. The molecular weight excluding hydrogens is 390 g/mol. The Bertz CT molecular complexity index is 962. The van der Waals surface area contributed by atoms with E-state index in [1.54, 1.807) is 12.3 Å². The van der Waals surface area contributed by atoms with Crippen molar-refractivity contribution in [1.29, 1.82) is 0 Å². The van der Waals surface area contributed by atoms with Gasteiger partial charge in [0.2, 0.25) is 0 Å². The van der Waals surface area contributed by atoms with Crippen molar-refractivity contribution in [2.24, 2.45) is 4.99 Å². The summed E-state index contributed by atoms with van der Waals surface area (Å²) >= 11 is 9.42. The first kappa shape index (κ1) is 15.7. The zero-order valence-corrected chi connectivity index (χ0v) is 15.2. The van der Waals surface area contributed by atoms with Gasteiger partial charge in [-0.05, 0) is 59.5 Å². The van der Waals surface area contributed by atoms with E-state index in [0.717, 1.165) is 48.1 Å². The number of hydrogen-bond acceptors (Lipinski definition) is 3. The van der Waals surface area contributed by atoms with Gasteiger partial charge in [-0.1, -0.05) is 17.7 Å². The summed E-state index contributed by atoms with van der Waals surface area (Å²) in [5.41, 5.74) is 3.42. The Balaban J connectivity index is 1.90. The fourth-order valence-corrected chi connectivity index (χ4v) is 3.84. The molecule has 2 aromatic carbocycles. The summed E-state index contributed by atoms with van der Waals surface area (Å²) in [5.74, 6) is 1.22. The number of halogens is 2. The van der Waals surface area contributed by atoms with Crippen molar-refractivity contribution in [2.75, 3.05) is 0 Å². The highest BCUT2D eigenvalue weighted by Crippen LogP contribution is 2.40. The molecule has 0 saturated heterocycles. The van der Waals surface area contributed by atoms with E-state index >= 15 is 0 Å². The van der Waals surface area contributed by atoms with Crippen LogP contribution in [-0.2, 0) is 12.8 Å². The van der Waals surface area contributed by atoms with Crippen LogP contribution in [0.15, 0.2) is 44.2 Å². The van der Waals surface area contributed by atoms with Crippen molar-refractivity contribution < 1.29 is 9.52 Å². The van der Waals surface area contributed by atoms with Crippen LogP contribution >= 0.6 is 27.5 Å². The molecule has 0 atom stereocenters. The molecule has 3 aromatic rings. The van der Waals surface area contributed by atoms with Gasteiger partial charge in [-0.2, -0.15) is 0 Å². The lowest BCUT2D eigenvalue weighted by atomic mass is 9.94. The number of fused-ring (bicyclic) bond motifs is 3. The first-order valence-corrected chi connectivity index (χ1v) is 9.06. The van der Waals surface area contributed by atoms with Gasteiger partial charge in [0.25, 0.3) is 0 Å². The van der Waals surface area contributed by atoms with E-state index in [2.05, 4.69) is 20.9 Å². The fourth-order valence-electron chi connectivity index (χ4n) is 3.24. The number of phenols is 1. The van der Waals surface area contributed by atoms with Crippen LogP contribution in [0.1, 0.15) is 29.7 Å². The molecule has 0 radical (unpaired) electrons. The van der Waals surface area contributed by atoms with Gasteiger partial charge in [0.05, 0.1) is 10.2 Å². The Labute approximate surface area is 153 Å². The minimum absolute atomic E-state index is 0.183. The van der Waals surface area contributed by atoms with Gasteiger partial charge in [-0.25, -0.2) is 0 Å². The Hall–Kier alpha value is -1.78. The monoisotopic (exact) mass is 403 g/mol. The van der Waals surface area contributed by atoms with Crippen molar-refractivity contribution >= 4 is 50.4 Å². The number of furan rings is 1. The van der Waals surface area contributed by atoms with Gasteiger partial charge < -0.3 is 9.52 Å². The molecule has 0 unspecified atom stereocenters. The third kappa shape index (κ3) is 2.74. The number of hydrogen-bond donors (Lipinski definition) is 1. The normalized spacial score (nSPS) is 14.4. The Morgan fingerprint density at radius 2 is 2.04 bits per heavy atom. The molecule has 1 heterocycles. The molecule has 0 saturated carbocycles. The SMILES string of the molecule is Oc1c(Br)cc2oc3c(c2c1C=Nc1cccc(Cl)c1)CCCC3. The van der Waals surface area contributed by atoms with Crippen molar-refractivity contribution in [2.45, 2.75) is 25.7 Å². The lowest BCUT2D eigenvalue weighted by molar-refractivity contribution is 0.471. The maximum Gasteiger partial charge on any atom is 0.139 e. The molecule has 0 spiro atoms. The third-order valence-electron chi connectivity index (χ3n) is 4.36. The molecule has 0 aliphatic heterocycles. The average molecular weight is 405 g/mol. The maximum atomic E-state index is 10.5. The summed E-state index contributed by atoms with van der Waals surface area (Å²) in [6.07, 6.45) is 5.91. The Morgan fingerprint density at radius 1 is 1.21 bits per heavy atom. The van der Waals surface area contributed by atoms with Gasteiger partial charge in [-0.15, -0.1) is 0 Å². The number of aromatic hydroxyl groups is 1. The molecule has 122 valence electrons. The van der Waals surface area contributed by atoms with E-state index in [9.17, 15) is 5.11 Å². The average Bonchev–Trinajstić information content (AvgIpc) is 2.93. The highest BCUT2D eigenvalue weighted by molar-refractivity contribution is 9.10. The number of nitrogens with zero attached hydrogens (tertiary/aromatic N) is 1. The minimum Gasteiger partial charge on any atom is -0.506 e. The molecule has 0 amide bonds. The molecule has 0 bridgehead atoms. The van der Waals surface area contributed by atoms with E-state index in [0.29, 0.717) is 15.1 Å². The van der Waals surface area contributed by atoms with E-state index in [1.165, 1.54) is 5.56 Å². The Morgan fingerprint density at radius 3 is 2.88 bits per heavy atom. The predicted molar refractivity (Wildman–Crippen MR) is 101 cm³/mol. The molecule has 3 nitrogen and oxygen atoms in total. The third-order valence-corrected chi connectivity index (χ3v) is 5.20. The number of aryl methyl sites for hydroxylation is 2. The number of phenolic OH excluding ortho intramolecular Hbond substituents is 1. The second-order valence-corrected chi connectivity index (χ2v) is 7.23. The zero-order chi connectivity index (χ0) is 16.7. The summed E-state index contributed by atoms with van der Waals surface area (Å²) in [6, 6.07) is 9.15. The second kappa shape index (κ2) is 6.26. The van der Waals surface area contributed by atoms with Crippen molar-refractivity contribution in [1.82, 2.24) is 0 Å². The minimum atomic E-state index is 0.183. The van der Waals surface area contributed by atoms with Crippen molar-refractivity contribution in [3.8, 4) is 5.75 Å².